The molecule has 1 aliphatic carbocycles. The Morgan fingerprint density at radius 1 is 1.20 bits per heavy atom. The summed E-state index contributed by atoms with van der Waals surface area (Å²) in [5.74, 6) is 0.197. The molecule has 40 heavy (non-hydrogen) atoms. The van der Waals surface area contributed by atoms with E-state index >= 15 is 0 Å². The minimum Gasteiger partial charge on any atom is -0.335 e. The Bertz CT molecular complexity index is 1300. The van der Waals surface area contributed by atoms with E-state index in [-0.39, 0.29) is 35.6 Å². The summed E-state index contributed by atoms with van der Waals surface area (Å²) in [5.41, 5.74) is 1.72. The lowest BCUT2D eigenvalue weighted by molar-refractivity contribution is 0.102. The number of aromatic nitrogens is 1. The van der Waals surface area contributed by atoms with Gasteiger partial charge in [0.2, 0.25) is 10.0 Å². The molecule has 1 aliphatic heterocycles. The number of rotatable bonds is 9. The first-order chi connectivity index (χ1) is 18.9. The van der Waals surface area contributed by atoms with E-state index in [1.807, 2.05) is 12.1 Å². The molecule has 2 aliphatic rings. The van der Waals surface area contributed by atoms with Crippen LogP contribution in [0, 0.1) is 24.6 Å². The fraction of sp³-hybridized carbons (Fsp3) is 0.607. The van der Waals surface area contributed by atoms with E-state index in [1.54, 1.807) is 14.0 Å². The van der Waals surface area contributed by atoms with Crippen molar-refractivity contribution in [2.24, 2.45) is 11.8 Å². The summed E-state index contributed by atoms with van der Waals surface area (Å²) < 4.78 is 39.4. The smallest absolute Gasteiger partial charge is 0.321 e. The summed E-state index contributed by atoms with van der Waals surface area (Å²) >= 11 is 1.16. The number of amides is 2. The van der Waals surface area contributed by atoms with Crippen LogP contribution < -0.4 is 10.6 Å². The molecule has 1 aromatic heterocycles. The summed E-state index contributed by atoms with van der Waals surface area (Å²) in [6.45, 7) is 5.84. The van der Waals surface area contributed by atoms with Crippen LogP contribution in [0.15, 0.2) is 24.3 Å². The third-order valence-corrected chi connectivity index (χ3v) is 10.7. The van der Waals surface area contributed by atoms with Crippen molar-refractivity contribution >= 4 is 38.3 Å². The largest absolute Gasteiger partial charge is 0.335 e. The zero-order valence-corrected chi connectivity index (χ0v) is 25.3. The minimum atomic E-state index is -3.34. The van der Waals surface area contributed by atoms with E-state index in [9.17, 15) is 22.4 Å². The van der Waals surface area contributed by atoms with Crippen molar-refractivity contribution in [1.29, 1.82) is 0 Å². The Hall–Kier alpha value is -2.41. The molecule has 0 unspecified atom stereocenters. The molecule has 0 bridgehead atoms. The summed E-state index contributed by atoms with van der Waals surface area (Å²) in [6, 6.07) is 6.08. The van der Waals surface area contributed by atoms with Gasteiger partial charge < -0.3 is 10.2 Å². The molecular formula is C28H40FN5O4S2. The number of benzene rings is 1. The van der Waals surface area contributed by atoms with E-state index in [0.29, 0.717) is 40.9 Å². The van der Waals surface area contributed by atoms with Crippen molar-refractivity contribution in [3.63, 3.8) is 0 Å². The van der Waals surface area contributed by atoms with Gasteiger partial charge in [0.25, 0.3) is 0 Å². The third-order valence-electron chi connectivity index (χ3n) is 8.18. The first-order valence-electron chi connectivity index (χ1n) is 13.8. The van der Waals surface area contributed by atoms with Crippen LogP contribution in [0.1, 0.15) is 60.0 Å². The van der Waals surface area contributed by atoms with E-state index in [1.165, 1.54) is 29.6 Å². The third kappa shape index (κ3) is 8.08. The maximum absolute atomic E-state index is 13.3. The van der Waals surface area contributed by atoms with E-state index < -0.39 is 10.0 Å². The van der Waals surface area contributed by atoms with Crippen molar-refractivity contribution in [1.82, 2.24) is 19.5 Å². The van der Waals surface area contributed by atoms with Gasteiger partial charge in [-0.25, -0.2) is 26.9 Å². The topological polar surface area (TPSA) is 112 Å². The molecule has 220 valence electrons. The number of sulfonamides is 1. The maximum atomic E-state index is 13.3. The minimum absolute atomic E-state index is 0.0593. The lowest BCUT2D eigenvalue weighted by Crippen LogP contribution is -2.53. The Labute approximate surface area is 240 Å². The van der Waals surface area contributed by atoms with Crippen molar-refractivity contribution in [2.75, 3.05) is 38.3 Å². The van der Waals surface area contributed by atoms with Gasteiger partial charge >= 0.3 is 6.03 Å². The number of nitrogens with one attached hydrogen (secondary N) is 2. The molecular weight excluding hydrogens is 553 g/mol. The quantitative estimate of drug-likeness (QED) is 0.420. The molecule has 2 heterocycles. The van der Waals surface area contributed by atoms with Crippen LogP contribution in [0.5, 0.6) is 0 Å². The Morgan fingerprint density at radius 2 is 1.93 bits per heavy atom. The van der Waals surface area contributed by atoms with E-state index in [0.717, 1.165) is 55.8 Å². The number of aryl methyl sites for hydroxylation is 1. The van der Waals surface area contributed by atoms with Crippen LogP contribution >= 0.6 is 11.3 Å². The van der Waals surface area contributed by atoms with Gasteiger partial charge in [-0.2, -0.15) is 0 Å². The number of hydrogen-bond acceptors (Lipinski definition) is 7. The van der Waals surface area contributed by atoms with Gasteiger partial charge in [0.05, 0.1) is 16.8 Å². The predicted octanol–water partition coefficient (Wildman–Crippen LogP) is 4.30. The average Bonchev–Trinajstić information content (AvgIpc) is 3.25. The van der Waals surface area contributed by atoms with Crippen LogP contribution in [0.2, 0.25) is 0 Å². The van der Waals surface area contributed by atoms with Crippen molar-refractivity contribution in [3.05, 3.63) is 46.2 Å². The van der Waals surface area contributed by atoms with Crippen LogP contribution in [0.25, 0.3) is 0 Å². The number of thiazole rings is 1. The summed E-state index contributed by atoms with van der Waals surface area (Å²) in [4.78, 5) is 32.0. The lowest BCUT2D eigenvalue weighted by Gasteiger charge is -2.43. The zero-order valence-electron chi connectivity index (χ0n) is 23.7. The summed E-state index contributed by atoms with van der Waals surface area (Å²) in [6.07, 6.45) is 6.26. The van der Waals surface area contributed by atoms with E-state index in [2.05, 4.69) is 20.5 Å². The Balaban J connectivity index is 1.43. The van der Waals surface area contributed by atoms with Crippen molar-refractivity contribution in [2.45, 2.75) is 64.5 Å². The Morgan fingerprint density at radius 3 is 2.58 bits per heavy atom. The number of anilines is 1. The second kappa shape index (κ2) is 13.1. The van der Waals surface area contributed by atoms with Gasteiger partial charge in [-0.3, -0.25) is 10.1 Å². The highest BCUT2D eigenvalue weighted by Gasteiger charge is 2.37. The average molecular weight is 594 g/mol. The molecule has 12 heteroatoms. The summed E-state index contributed by atoms with van der Waals surface area (Å²) in [5, 5.41) is 6.28. The van der Waals surface area contributed by atoms with Crippen molar-refractivity contribution < 1.29 is 22.4 Å². The highest BCUT2D eigenvalue weighted by Crippen LogP contribution is 2.32. The fourth-order valence-corrected chi connectivity index (χ4v) is 7.67. The molecule has 2 fully saturated rings. The van der Waals surface area contributed by atoms with E-state index in [4.69, 9.17) is 0 Å². The van der Waals surface area contributed by atoms with Gasteiger partial charge in [0.1, 0.15) is 5.82 Å². The SMILES string of the molecule is CC(=O)c1sc(NC(=O)N[C@@H]2CC[C@@H](N(C)S(C)(=O)=O)C[C@H]2CN2CCC[C@@H](Cc3ccc(F)cc3)C2)nc1C. The number of carbonyl (C=O) groups is 2. The number of Topliss-reactive ketones (excluding diaryl/α,β-unsaturated/α-hetero) is 1. The fourth-order valence-electron chi connectivity index (χ4n) is 6.08. The molecule has 9 nitrogen and oxygen atoms in total. The second-order valence-electron chi connectivity index (χ2n) is 11.3. The monoisotopic (exact) mass is 593 g/mol. The van der Waals surface area contributed by atoms with Gasteiger partial charge in [0, 0.05) is 39.1 Å². The van der Waals surface area contributed by atoms with Crippen LogP contribution in [0.4, 0.5) is 14.3 Å². The first kappa shape index (κ1) is 30.5. The number of likely N-dealkylation sites (tertiary alicyclic amines) is 1. The number of halogens is 1. The molecule has 0 radical (unpaired) electrons. The number of piperidine rings is 1. The standard InChI is InChI=1S/C28H40FN5O4S2/c1-18-26(19(2)35)39-28(30-18)32-27(36)31-25-12-11-24(33(3)40(4,37)38)15-22(25)17-34-13-5-6-21(16-34)14-20-7-9-23(29)10-8-20/h7-10,21-22,24-25H,5-6,11-17H2,1-4H3,(H2,30,31,32,36)/t21-,22-,24+,25+/m0/s1. The summed E-state index contributed by atoms with van der Waals surface area (Å²) in [7, 11) is -1.70. The van der Waals surface area contributed by atoms with Gasteiger partial charge in [-0.05, 0) is 81.5 Å². The van der Waals surface area contributed by atoms with Crippen molar-refractivity contribution in [3.8, 4) is 0 Å². The number of hydrogen-bond donors (Lipinski definition) is 2. The zero-order chi connectivity index (χ0) is 29.0. The molecule has 1 saturated carbocycles. The second-order valence-corrected chi connectivity index (χ2v) is 14.3. The molecule has 1 saturated heterocycles. The number of urea groups is 1. The number of carbonyl (C=O) groups excluding carboxylic acids is 2. The first-order valence-corrected chi connectivity index (χ1v) is 16.5. The van der Waals surface area contributed by atoms with Crippen LogP contribution in [-0.4, -0.2) is 79.4 Å². The molecule has 4 rings (SSSR count). The Kier molecular flexibility index (Phi) is 9.97. The highest BCUT2D eigenvalue weighted by molar-refractivity contribution is 7.88. The van der Waals surface area contributed by atoms with Crippen LogP contribution in [0.3, 0.4) is 0 Å². The molecule has 1 aromatic carbocycles. The normalized spacial score (nSPS) is 24.1. The highest BCUT2D eigenvalue weighted by atomic mass is 32.2. The molecule has 2 aromatic rings. The molecule has 2 amide bonds. The molecule has 2 N–H and O–H groups in total. The van der Waals surface area contributed by atoms with Gasteiger partial charge in [-0.15, -0.1) is 0 Å². The molecule has 0 spiro atoms. The van der Waals surface area contributed by atoms with Crippen LogP contribution in [-0.2, 0) is 16.4 Å². The maximum Gasteiger partial charge on any atom is 0.321 e. The molecule has 4 atom stereocenters. The van der Waals surface area contributed by atoms with Gasteiger partial charge in [0.15, 0.2) is 10.9 Å². The predicted molar refractivity (Wildman–Crippen MR) is 156 cm³/mol. The van der Waals surface area contributed by atoms with Gasteiger partial charge in [-0.1, -0.05) is 23.5 Å². The number of nitrogens with zero attached hydrogens (tertiary/aromatic N) is 3. The number of ketones is 1. The lowest BCUT2D eigenvalue weighted by atomic mass is 9.80.